The fraction of sp³-hybridized carbons (Fsp3) is 0.250. The van der Waals surface area contributed by atoms with Gasteiger partial charge in [-0.25, -0.2) is 0 Å². The van der Waals surface area contributed by atoms with E-state index in [-0.39, 0.29) is 6.04 Å². The molecule has 2 aromatic carbocycles. The van der Waals surface area contributed by atoms with Gasteiger partial charge in [-0.1, -0.05) is 29.3 Å². The Labute approximate surface area is 143 Å². The summed E-state index contributed by atoms with van der Waals surface area (Å²) in [5.41, 5.74) is 2.03. The summed E-state index contributed by atoms with van der Waals surface area (Å²) in [6.07, 6.45) is 0. The van der Waals surface area contributed by atoms with E-state index in [2.05, 4.69) is 21.2 Å². The van der Waals surface area contributed by atoms with Crippen LogP contribution in [-0.4, -0.2) is 13.7 Å². The molecule has 5 heteroatoms. The lowest BCUT2D eigenvalue weighted by atomic mass is 9.98. The minimum Gasteiger partial charge on any atom is -0.493 e. The van der Waals surface area contributed by atoms with E-state index in [1.54, 1.807) is 6.07 Å². The van der Waals surface area contributed by atoms with Crippen LogP contribution in [0.4, 0.5) is 0 Å². The zero-order valence-electron chi connectivity index (χ0n) is 11.8. The SMILES string of the molecule is CCOc1ccc(C(NC)c2cc(Cl)ccc2Cl)cc1Br. The monoisotopic (exact) mass is 387 g/mol. The summed E-state index contributed by atoms with van der Waals surface area (Å²) in [4.78, 5) is 0. The van der Waals surface area contributed by atoms with Crippen LogP contribution < -0.4 is 10.1 Å². The summed E-state index contributed by atoms with van der Waals surface area (Å²) in [6.45, 7) is 2.59. The maximum Gasteiger partial charge on any atom is 0.133 e. The Morgan fingerprint density at radius 2 is 1.95 bits per heavy atom. The molecule has 2 rings (SSSR count). The average Bonchev–Trinajstić information content (AvgIpc) is 2.46. The van der Waals surface area contributed by atoms with Crippen molar-refractivity contribution in [1.82, 2.24) is 5.32 Å². The van der Waals surface area contributed by atoms with Crippen LogP contribution >= 0.6 is 39.1 Å². The van der Waals surface area contributed by atoms with Gasteiger partial charge < -0.3 is 10.1 Å². The molecule has 0 saturated carbocycles. The molecule has 1 unspecified atom stereocenters. The van der Waals surface area contributed by atoms with Crippen molar-refractivity contribution in [1.29, 1.82) is 0 Å². The Balaban J connectivity index is 2.42. The van der Waals surface area contributed by atoms with Crippen LogP contribution in [0, 0.1) is 0 Å². The molecule has 0 aliphatic heterocycles. The lowest BCUT2D eigenvalue weighted by molar-refractivity contribution is 0.338. The van der Waals surface area contributed by atoms with Crippen LogP contribution in [0.5, 0.6) is 5.75 Å². The lowest BCUT2D eigenvalue weighted by Crippen LogP contribution is -2.18. The van der Waals surface area contributed by atoms with Gasteiger partial charge in [0.25, 0.3) is 0 Å². The van der Waals surface area contributed by atoms with E-state index in [4.69, 9.17) is 27.9 Å². The number of rotatable bonds is 5. The highest BCUT2D eigenvalue weighted by Crippen LogP contribution is 2.34. The Kier molecular flexibility index (Phi) is 5.94. The van der Waals surface area contributed by atoms with E-state index in [9.17, 15) is 0 Å². The van der Waals surface area contributed by atoms with Crippen molar-refractivity contribution in [3.8, 4) is 5.75 Å². The Morgan fingerprint density at radius 3 is 2.57 bits per heavy atom. The van der Waals surface area contributed by atoms with Gasteiger partial charge in [0.05, 0.1) is 17.1 Å². The van der Waals surface area contributed by atoms with Gasteiger partial charge in [-0.2, -0.15) is 0 Å². The average molecular weight is 389 g/mol. The minimum atomic E-state index is -0.0387. The Morgan fingerprint density at radius 1 is 1.19 bits per heavy atom. The summed E-state index contributed by atoms with van der Waals surface area (Å²) < 4.78 is 6.46. The van der Waals surface area contributed by atoms with Crippen molar-refractivity contribution in [3.05, 3.63) is 62.0 Å². The maximum absolute atomic E-state index is 6.31. The fourth-order valence-corrected chi connectivity index (χ4v) is 3.12. The summed E-state index contributed by atoms with van der Waals surface area (Å²) in [7, 11) is 1.90. The van der Waals surface area contributed by atoms with E-state index in [1.165, 1.54) is 0 Å². The molecule has 2 aromatic rings. The molecule has 0 heterocycles. The number of hydrogen-bond donors (Lipinski definition) is 1. The van der Waals surface area contributed by atoms with E-state index < -0.39 is 0 Å². The summed E-state index contributed by atoms with van der Waals surface area (Å²) in [5.74, 6) is 0.827. The molecular formula is C16H16BrCl2NO. The van der Waals surface area contributed by atoms with Gasteiger partial charge in [-0.3, -0.25) is 0 Å². The van der Waals surface area contributed by atoms with Crippen molar-refractivity contribution in [2.75, 3.05) is 13.7 Å². The molecule has 0 aromatic heterocycles. The highest BCUT2D eigenvalue weighted by atomic mass is 79.9. The predicted octanol–water partition coefficient (Wildman–Crippen LogP) is 5.46. The molecule has 112 valence electrons. The first-order chi connectivity index (χ1) is 10.1. The van der Waals surface area contributed by atoms with E-state index >= 15 is 0 Å². The smallest absolute Gasteiger partial charge is 0.133 e. The third kappa shape index (κ3) is 3.92. The fourth-order valence-electron chi connectivity index (χ4n) is 2.21. The third-order valence-corrected chi connectivity index (χ3v) is 4.35. The van der Waals surface area contributed by atoms with Crippen molar-refractivity contribution in [2.24, 2.45) is 0 Å². The standard InChI is InChI=1S/C16H16BrCl2NO/c1-3-21-15-7-4-10(8-13(15)17)16(20-2)12-9-11(18)5-6-14(12)19/h4-9,16,20H,3H2,1-2H3. The van der Waals surface area contributed by atoms with Crippen LogP contribution in [-0.2, 0) is 0 Å². The first-order valence-corrected chi connectivity index (χ1v) is 8.16. The second-order valence-corrected chi connectivity index (χ2v) is 6.21. The van der Waals surface area contributed by atoms with Gasteiger partial charge in [0.1, 0.15) is 5.75 Å². The Bertz CT molecular complexity index is 634. The van der Waals surface area contributed by atoms with Crippen LogP contribution in [0.3, 0.4) is 0 Å². The molecule has 0 bridgehead atoms. The number of halogens is 3. The normalized spacial score (nSPS) is 12.2. The summed E-state index contributed by atoms with van der Waals surface area (Å²) in [6, 6.07) is 11.4. The molecule has 0 fully saturated rings. The Hall–Kier alpha value is -0.740. The molecule has 2 nitrogen and oxygen atoms in total. The summed E-state index contributed by atoms with van der Waals surface area (Å²) in [5, 5.41) is 4.63. The number of nitrogens with one attached hydrogen (secondary N) is 1. The van der Waals surface area contributed by atoms with Gasteiger partial charge in [-0.15, -0.1) is 0 Å². The van der Waals surface area contributed by atoms with Crippen molar-refractivity contribution >= 4 is 39.1 Å². The molecule has 0 spiro atoms. The van der Waals surface area contributed by atoms with E-state index in [0.29, 0.717) is 16.7 Å². The molecular weight excluding hydrogens is 373 g/mol. The highest BCUT2D eigenvalue weighted by molar-refractivity contribution is 9.10. The first kappa shape index (κ1) is 16.6. The second-order valence-electron chi connectivity index (χ2n) is 4.51. The van der Waals surface area contributed by atoms with Gasteiger partial charge in [0.2, 0.25) is 0 Å². The van der Waals surface area contributed by atoms with E-state index in [1.807, 2.05) is 44.3 Å². The molecule has 1 atom stereocenters. The molecule has 0 amide bonds. The van der Waals surface area contributed by atoms with Gasteiger partial charge in [0.15, 0.2) is 0 Å². The van der Waals surface area contributed by atoms with Crippen molar-refractivity contribution in [2.45, 2.75) is 13.0 Å². The molecule has 21 heavy (non-hydrogen) atoms. The zero-order chi connectivity index (χ0) is 15.4. The number of ether oxygens (including phenoxy) is 1. The lowest BCUT2D eigenvalue weighted by Gasteiger charge is -2.20. The van der Waals surface area contributed by atoms with Crippen molar-refractivity contribution < 1.29 is 4.74 Å². The topological polar surface area (TPSA) is 21.3 Å². The highest BCUT2D eigenvalue weighted by Gasteiger charge is 2.17. The zero-order valence-corrected chi connectivity index (χ0v) is 14.9. The second kappa shape index (κ2) is 7.50. The van der Waals surface area contributed by atoms with Crippen LogP contribution in [0.25, 0.3) is 0 Å². The van der Waals surface area contributed by atoms with Gasteiger partial charge >= 0.3 is 0 Å². The summed E-state index contributed by atoms with van der Waals surface area (Å²) >= 11 is 15.9. The van der Waals surface area contributed by atoms with Crippen LogP contribution in [0.2, 0.25) is 10.0 Å². The largest absolute Gasteiger partial charge is 0.493 e. The predicted molar refractivity (Wildman–Crippen MR) is 92.7 cm³/mol. The third-order valence-electron chi connectivity index (χ3n) is 3.15. The number of hydrogen-bond acceptors (Lipinski definition) is 2. The minimum absolute atomic E-state index is 0.0387. The molecule has 0 aliphatic rings. The van der Waals surface area contributed by atoms with Gasteiger partial charge in [0, 0.05) is 10.0 Å². The van der Waals surface area contributed by atoms with Crippen LogP contribution in [0.1, 0.15) is 24.1 Å². The molecule has 1 N–H and O–H groups in total. The first-order valence-electron chi connectivity index (χ1n) is 6.61. The molecule has 0 aliphatic carbocycles. The maximum atomic E-state index is 6.31. The van der Waals surface area contributed by atoms with Crippen molar-refractivity contribution in [3.63, 3.8) is 0 Å². The molecule has 0 radical (unpaired) electrons. The molecule has 0 saturated heterocycles. The van der Waals surface area contributed by atoms with E-state index in [0.717, 1.165) is 21.3 Å². The quantitative estimate of drug-likeness (QED) is 0.733. The number of benzene rings is 2. The van der Waals surface area contributed by atoms with Gasteiger partial charge in [-0.05, 0) is 71.4 Å². The van der Waals surface area contributed by atoms with Crippen LogP contribution in [0.15, 0.2) is 40.9 Å².